The van der Waals surface area contributed by atoms with E-state index < -0.39 is 0 Å². The summed E-state index contributed by atoms with van der Waals surface area (Å²) in [5.74, 6) is 0.331. The van der Waals surface area contributed by atoms with Crippen molar-refractivity contribution in [1.29, 1.82) is 0 Å². The minimum absolute atomic E-state index is 0.172. The molecular weight excluding hydrogens is 236 g/mol. The summed E-state index contributed by atoms with van der Waals surface area (Å²) in [7, 11) is 0. The van der Waals surface area contributed by atoms with Gasteiger partial charge in [0.05, 0.1) is 6.26 Å². The summed E-state index contributed by atoms with van der Waals surface area (Å²) in [5, 5.41) is 5.85. The number of amides is 1. The van der Waals surface area contributed by atoms with Crippen molar-refractivity contribution < 1.29 is 9.21 Å². The molecule has 1 amide bonds. The summed E-state index contributed by atoms with van der Waals surface area (Å²) < 4.78 is 5.05. The quantitative estimate of drug-likeness (QED) is 0.625. The molecule has 2 N–H and O–H groups in total. The van der Waals surface area contributed by atoms with Gasteiger partial charge in [-0.25, -0.2) is 0 Å². The Morgan fingerprint density at radius 1 is 1.47 bits per heavy atom. The molecule has 0 fully saturated rings. The highest BCUT2D eigenvalue weighted by Gasteiger charge is 2.11. The van der Waals surface area contributed by atoms with E-state index in [0.29, 0.717) is 10.9 Å². The summed E-state index contributed by atoms with van der Waals surface area (Å²) in [6.07, 6.45) is 4.49. The fourth-order valence-electron chi connectivity index (χ4n) is 1.07. The second-order valence-electron chi connectivity index (χ2n) is 4.54. The Hall–Kier alpha value is -1.62. The summed E-state index contributed by atoms with van der Waals surface area (Å²) in [6.45, 7) is 5.89. The Balaban J connectivity index is 2.42. The minimum Gasteiger partial charge on any atom is -0.465 e. The molecule has 1 heterocycles. The molecule has 1 aromatic rings. The number of carbonyl (C=O) groups is 1. The van der Waals surface area contributed by atoms with Gasteiger partial charge in [0, 0.05) is 11.6 Å². The Kier molecular flexibility index (Phi) is 4.45. The first-order chi connectivity index (χ1) is 7.87. The maximum Gasteiger partial charge on any atom is 0.250 e. The van der Waals surface area contributed by atoms with Crippen molar-refractivity contribution in [1.82, 2.24) is 10.6 Å². The second kappa shape index (κ2) is 5.63. The minimum atomic E-state index is -0.289. The molecule has 1 aromatic heterocycles. The zero-order valence-electron chi connectivity index (χ0n) is 10.1. The van der Waals surface area contributed by atoms with E-state index in [4.69, 9.17) is 16.6 Å². The first-order valence-corrected chi connectivity index (χ1v) is 5.62. The van der Waals surface area contributed by atoms with Gasteiger partial charge in [0.25, 0.3) is 0 Å². The van der Waals surface area contributed by atoms with Crippen molar-refractivity contribution in [3.8, 4) is 0 Å². The molecule has 92 valence electrons. The van der Waals surface area contributed by atoms with Crippen LogP contribution < -0.4 is 10.6 Å². The van der Waals surface area contributed by atoms with Gasteiger partial charge in [-0.1, -0.05) is 0 Å². The standard InChI is InChI=1S/C12H16N2O2S/c1-12(2,3)14-11(17)13-10(15)7-6-9-5-4-8-16-9/h4-8H,1-3H3,(H2,13,14,15,17). The molecule has 0 saturated heterocycles. The van der Waals surface area contributed by atoms with Crippen LogP contribution in [-0.2, 0) is 4.79 Å². The van der Waals surface area contributed by atoms with Gasteiger partial charge in [-0.15, -0.1) is 0 Å². The van der Waals surface area contributed by atoms with Crippen LogP contribution in [0.3, 0.4) is 0 Å². The van der Waals surface area contributed by atoms with Crippen LogP contribution >= 0.6 is 12.2 Å². The van der Waals surface area contributed by atoms with Crippen molar-refractivity contribution >= 4 is 29.3 Å². The number of rotatable bonds is 2. The SMILES string of the molecule is CC(C)(C)NC(=S)NC(=O)C=Cc1ccco1. The van der Waals surface area contributed by atoms with Gasteiger partial charge in [-0.2, -0.15) is 0 Å². The van der Waals surface area contributed by atoms with E-state index in [1.807, 2.05) is 20.8 Å². The second-order valence-corrected chi connectivity index (χ2v) is 4.95. The summed E-state index contributed by atoms with van der Waals surface area (Å²) in [5.41, 5.74) is -0.172. The molecule has 0 aromatic carbocycles. The lowest BCUT2D eigenvalue weighted by Crippen LogP contribution is -2.47. The predicted octanol–water partition coefficient (Wildman–Crippen LogP) is 2.08. The highest BCUT2D eigenvalue weighted by molar-refractivity contribution is 7.80. The van der Waals surface area contributed by atoms with Crippen molar-refractivity contribution in [2.75, 3.05) is 0 Å². The molecule has 1 rings (SSSR count). The topological polar surface area (TPSA) is 54.3 Å². The lowest BCUT2D eigenvalue weighted by atomic mass is 10.1. The number of hydrogen-bond donors (Lipinski definition) is 2. The Morgan fingerprint density at radius 2 is 2.18 bits per heavy atom. The molecular formula is C12H16N2O2S. The lowest BCUT2D eigenvalue weighted by Gasteiger charge is -2.22. The van der Waals surface area contributed by atoms with Crippen molar-refractivity contribution in [2.24, 2.45) is 0 Å². The Morgan fingerprint density at radius 3 is 2.71 bits per heavy atom. The average molecular weight is 252 g/mol. The molecule has 0 saturated carbocycles. The molecule has 0 spiro atoms. The predicted molar refractivity (Wildman–Crippen MR) is 71.4 cm³/mol. The van der Waals surface area contributed by atoms with Crippen LogP contribution in [0.4, 0.5) is 0 Å². The molecule has 0 unspecified atom stereocenters. The maximum absolute atomic E-state index is 11.5. The van der Waals surface area contributed by atoms with E-state index in [1.54, 1.807) is 24.5 Å². The van der Waals surface area contributed by atoms with Crippen LogP contribution in [0.5, 0.6) is 0 Å². The molecule has 0 bridgehead atoms. The van der Waals surface area contributed by atoms with E-state index in [-0.39, 0.29) is 11.4 Å². The first-order valence-electron chi connectivity index (χ1n) is 5.21. The van der Waals surface area contributed by atoms with Gasteiger partial charge in [0.2, 0.25) is 5.91 Å². The van der Waals surface area contributed by atoms with E-state index >= 15 is 0 Å². The number of furan rings is 1. The van der Waals surface area contributed by atoms with Crippen LogP contribution in [0.25, 0.3) is 6.08 Å². The van der Waals surface area contributed by atoms with Gasteiger partial charge in [-0.05, 0) is 51.2 Å². The van der Waals surface area contributed by atoms with Gasteiger partial charge < -0.3 is 9.73 Å². The highest BCUT2D eigenvalue weighted by atomic mass is 32.1. The highest BCUT2D eigenvalue weighted by Crippen LogP contribution is 2.02. The zero-order chi connectivity index (χ0) is 12.9. The summed E-state index contributed by atoms with van der Waals surface area (Å²) in [4.78, 5) is 11.5. The van der Waals surface area contributed by atoms with Gasteiger partial charge in [0.15, 0.2) is 5.11 Å². The van der Waals surface area contributed by atoms with Crippen molar-refractivity contribution in [3.05, 3.63) is 30.2 Å². The molecule has 4 nitrogen and oxygen atoms in total. The average Bonchev–Trinajstić information content (AvgIpc) is 2.63. The monoisotopic (exact) mass is 252 g/mol. The summed E-state index contributed by atoms with van der Waals surface area (Å²) >= 11 is 4.99. The lowest BCUT2D eigenvalue weighted by molar-refractivity contribution is -0.115. The Bertz CT molecular complexity index is 416. The molecule has 17 heavy (non-hydrogen) atoms. The molecule has 0 radical (unpaired) electrons. The normalized spacial score (nSPS) is 11.5. The van der Waals surface area contributed by atoms with E-state index in [1.165, 1.54) is 6.08 Å². The zero-order valence-corrected chi connectivity index (χ0v) is 10.9. The number of carbonyl (C=O) groups excluding carboxylic acids is 1. The number of hydrogen-bond acceptors (Lipinski definition) is 3. The fourth-order valence-corrected chi connectivity index (χ4v) is 1.48. The maximum atomic E-state index is 11.5. The van der Waals surface area contributed by atoms with Crippen LogP contribution in [0.1, 0.15) is 26.5 Å². The first kappa shape index (κ1) is 13.4. The van der Waals surface area contributed by atoms with Crippen molar-refractivity contribution in [3.63, 3.8) is 0 Å². The van der Waals surface area contributed by atoms with Crippen LogP contribution in [0, 0.1) is 0 Å². The van der Waals surface area contributed by atoms with Crippen LogP contribution in [0.2, 0.25) is 0 Å². The third kappa shape index (κ3) is 5.87. The smallest absolute Gasteiger partial charge is 0.250 e. The number of nitrogens with one attached hydrogen (secondary N) is 2. The fraction of sp³-hybridized carbons (Fsp3) is 0.333. The van der Waals surface area contributed by atoms with E-state index in [2.05, 4.69) is 10.6 Å². The number of thiocarbonyl (C=S) groups is 1. The molecule has 0 aliphatic heterocycles. The third-order valence-electron chi connectivity index (χ3n) is 1.67. The largest absolute Gasteiger partial charge is 0.465 e. The van der Waals surface area contributed by atoms with Crippen molar-refractivity contribution in [2.45, 2.75) is 26.3 Å². The van der Waals surface area contributed by atoms with E-state index in [0.717, 1.165) is 0 Å². The van der Waals surface area contributed by atoms with Crippen LogP contribution in [-0.4, -0.2) is 16.6 Å². The van der Waals surface area contributed by atoms with Gasteiger partial charge >= 0.3 is 0 Å². The third-order valence-corrected chi connectivity index (χ3v) is 1.87. The van der Waals surface area contributed by atoms with Gasteiger partial charge in [-0.3, -0.25) is 10.1 Å². The molecule has 0 atom stereocenters. The Labute approximate surface area is 106 Å². The van der Waals surface area contributed by atoms with Crippen LogP contribution in [0.15, 0.2) is 28.9 Å². The summed E-state index contributed by atoms with van der Waals surface area (Å²) in [6, 6.07) is 3.51. The van der Waals surface area contributed by atoms with E-state index in [9.17, 15) is 4.79 Å². The molecule has 0 aliphatic carbocycles. The molecule has 0 aliphatic rings. The van der Waals surface area contributed by atoms with Gasteiger partial charge in [0.1, 0.15) is 5.76 Å². The molecule has 5 heteroatoms.